The lowest BCUT2D eigenvalue weighted by atomic mass is 10.3. The topological polar surface area (TPSA) is 219 Å². The first-order chi connectivity index (χ1) is 15.1. The van der Waals surface area contributed by atoms with E-state index in [1.165, 1.54) is 0 Å². The van der Waals surface area contributed by atoms with Crippen LogP contribution in [0.25, 0.3) is 0 Å². The molecule has 0 aromatic rings. The zero-order chi connectivity index (χ0) is 25.6. The standard InChI is InChI=1S/C7H16O4.C6H14O3.C5H12O3.BH3O3/c1-7(9)6-11-5-4-10-3-2-8;1-2-6(8)5-9-4-3-7;1-5(7)4-8-3-2-6;2-1(3)4/h7-9H,2-6H2,1H3;6-8H,2-5H2,1H3;5-7H,2-4H2,1H3;2-4H. The van der Waals surface area contributed by atoms with Gasteiger partial charge in [-0.2, -0.15) is 0 Å². The van der Waals surface area contributed by atoms with Crippen molar-refractivity contribution in [1.29, 1.82) is 0 Å². The van der Waals surface area contributed by atoms with Gasteiger partial charge in [-0.25, -0.2) is 0 Å². The van der Waals surface area contributed by atoms with Crippen LogP contribution in [0.15, 0.2) is 0 Å². The third-order valence-corrected chi connectivity index (χ3v) is 2.58. The summed E-state index contributed by atoms with van der Waals surface area (Å²) in [5.41, 5.74) is 0. The lowest BCUT2D eigenvalue weighted by Crippen LogP contribution is -2.15. The van der Waals surface area contributed by atoms with Crippen LogP contribution in [0.1, 0.15) is 27.2 Å². The number of aliphatic hydroxyl groups excluding tert-OH is 6. The lowest BCUT2D eigenvalue weighted by molar-refractivity contribution is 0.00292. The Balaban J connectivity index is -0.000000171. The summed E-state index contributed by atoms with van der Waals surface area (Å²) in [6.07, 6.45) is -0.531. The molecule has 0 amide bonds. The van der Waals surface area contributed by atoms with E-state index in [-0.39, 0.29) is 25.9 Å². The van der Waals surface area contributed by atoms with Crippen molar-refractivity contribution in [3.8, 4) is 0 Å². The van der Waals surface area contributed by atoms with Crippen LogP contribution >= 0.6 is 0 Å². The van der Waals surface area contributed by atoms with Gasteiger partial charge in [-0.05, 0) is 20.3 Å². The number of aliphatic hydroxyl groups is 6. The molecule has 3 atom stereocenters. The van der Waals surface area contributed by atoms with E-state index in [0.717, 1.165) is 0 Å². The zero-order valence-corrected chi connectivity index (χ0v) is 19.5. The Labute approximate surface area is 190 Å². The first kappa shape index (κ1) is 38.8. The zero-order valence-electron chi connectivity index (χ0n) is 19.5. The molecule has 0 spiro atoms. The Hall–Kier alpha value is -0.455. The smallest absolute Gasteiger partial charge is 0.402 e. The minimum absolute atomic E-state index is 0.0206. The van der Waals surface area contributed by atoms with Gasteiger partial charge in [0.25, 0.3) is 0 Å². The maximum absolute atomic E-state index is 8.88. The highest BCUT2D eigenvalue weighted by Gasteiger charge is 1.98. The molecule has 14 heteroatoms. The molecule has 0 aliphatic heterocycles. The SMILES string of the molecule is CC(O)COCCO.CC(O)COCCOCCO.CCC(O)COCCO.OB(O)O. The molecule has 0 aromatic heterocycles. The molecule has 13 nitrogen and oxygen atoms in total. The fourth-order valence-electron chi connectivity index (χ4n) is 1.26. The van der Waals surface area contributed by atoms with Crippen LogP contribution < -0.4 is 0 Å². The van der Waals surface area contributed by atoms with Crippen molar-refractivity contribution in [3.63, 3.8) is 0 Å². The van der Waals surface area contributed by atoms with Crippen molar-refractivity contribution in [1.82, 2.24) is 0 Å². The maximum atomic E-state index is 8.88. The molecule has 0 fully saturated rings. The van der Waals surface area contributed by atoms with Gasteiger partial charge in [-0.1, -0.05) is 6.92 Å². The maximum Gasteiger partial charge on any atom is 0.631 e. The Morgan fingerprint density at radius 3 is 1.25 bits per heavy atom. The first-order valence-electron chi connectivity index (χ1n) is 10.3. The van der Waals surface area contributed by atoms with Crippen LogP contribution in [0.4, 0.5) is 0 Å². The second-order valence-corrected chi connectivity index (χ2v) is 6.11. The van der Waals surface area contributed by atoms with Gasteiger partial charge in [0.05, 0.1) is 91.0 Å². The largest absolute Gasteiger partial charge is 0.631 e. The van der Waals surface area contributed by atoms with Gasteiger partial charge in [0.15, 0.2) is 0 Å². The molecule has 0 heterocycles. The molecular weight excluding hydrogens is 435 g/mol. The van der Waals surface area contributed by atoms with E-state index in [2.05, 4.69) is 0 Å². The molecule has 0 saturated carbocycles. The Kier molecular flexibility index (Phi) is 42.6. The second kappa shape index (κ2) is 35.1. The molecule has 0 radical (unpaired) electrons. The molecule has 0 rings (SSSR count). The van der Waals surface area contributed by atoms with Crippen LogP contribution in [0.3, 0.4) is 0 Å². The summed E-state index contributed by atoms with van der Waals surface area (Å²) in [7, 11) is -2.17. The third-order valence-electron chi connectivity index (χ3n) is 2.58. The normalized spacial score (nSPS) is 12.8. The number of rotatable bonds is 16. The van der Waals surface area contributed by atoms with E-state index in [0.29, 0.717) is 59.3 Å². The van der Waals surface area contributed by atoms with Crippen molar-refractivity contribution in [2.75, 3.05) is 72.7 Å². The van der Waals surface area contributed by atoms with Gasteiger partial charge in [0, 0.05) is 0 Å². The van der Waals surface area contributed by atoms with E-state index in [4.69, 9.17) is 64.7 Å². The van der Waals surface area contributed by atoms with Gasteiger partial charge in [0.2, 0.25) is 0 Å². The van der Waals surface area contributed by atoms with E-state index < -0.39 is 19.5 Å². The van der Waals surface area contributed by atoms with Gasteiger partial charge in [0.1, 0.15) is 0 Å². The minimum atomic E-state index is -2.17. The van der Waals surface area contributed by atoms with E-state index in [9.17, 15) is 0 Å². The minimum Gasteiger partial charge on any atom is -0.402 e. The van der Waals surface area contributed by atoms with Crippen molar-refractivity contribution < 1.29 is 64.7 Å². The van der Waals surface area contributed by atoms with Crippen LogP contribution in [0, 0.1) is 0 Å². The fraction of sp³-hybridized carbons (Fsp3) is 1.00. The summed E-state index contributed by atoms with van der Waals surface area (Å²) in [6, 6.07) is 0. The second-order valence-electron chi connectivity index (χ2n) is 6.11. The summed E-state index contributed by atoms with van der Waals surface area (Å²) < 4.78 is 19.5. The summed E-state index contributed by atoms with van der Waals surface area (Å²) >= 11 is 0. The Bertz CT molecular complexity index is 297. The summed E-state index contributed by atoms with van der Waals surface area (Å²) in [5.74, 6) is 0. The average molecular weight is 480 g/mol. The molecule has 198 valence electrons. The van der Waals surface area contributed by atoms with Gasteiger partial charge in [-0.3, -0.25) is 0 Å². The number of hydrogen-bond donors (Lipinski definition) is 9. The van der Waals surface area contributed by atoms with Crippen molar-refractivity contribution in [2.24, 2.45) is 0 Å². The number of ether oxygens (including phenoxy) is 4. The van der Waals surface area contributed by atoms with Gasteiger partial charge >= 0.3 is 7.32 Å². The van der Waals surface area contributed by atoms with Crippen molar-refractivity contribution in [3.05, 3.63) is 0 Å². The molecular formula is C18H45BO13. The van der Waals surface area contributed by atoms with Crippen molar-refractivity contribution in [2.45, 2.75) is 45.5 Å². The van der Waals surface area contributed by atoms with Gasteiger partial charge in [-0.15, -0.1) is 0 Å². The predicted octanol–water partition coefficient (Wildman–Crippen LogP) is -3.52. The fourth-order valence-corrected chi connectivity index (χ4v) is 1.26. The highest BCUT2D eigenvalue weighted by molar-refractivity contribution is 6.30. The molecule has 0 aromatic carbocycles. The Morgan fingerprint density at radius 2 is 0.906 bits per heavy atom. The van der Waals surface area contributed by atoms with Crippen LogP contribution in [-0.4, -0.2) is 144 Å². The lowest BCUT2D eigenvalue weighted by Gasteiger charge is -2.06. The van der Waals surface area contributed by atoms with Crippen LogP contribution in [0.5, 0.6) is 0 Å². The highest BCUT2D eigenvalue weighted by Crippen LogP contribution is 1.89. The quantitative estimate of drug-likeness (QED) is 0.0774. The third kappa shape index (κ3) is 63.0. The van der Waals surface area contributed by atoms with Crippen molar-refractivity contribution >= 4 is 7.32 Å². The van der Waals surface area contributed by atoms with Crippen LogP contribution in [0.2, 0.25) is 0 Å². The molecule has 3 unspecified atom stereocenters. The summed E-state index contributed by atoms with van der Waals surface area (Å²) in [6.45, 7) is 8.14. The van der Waals surface area contributed by atoms with E-state index >= 15 is 0 Å². The molecule has 0 aliphatic carbocycles. The van der Waals surface area contributed by atoms with E-state index in [1.54, 1.807) is 13.8 Å². The average Bonchev–Trinajstić information content (AvgIpc) is 2.71. The molecule has 0 aliphatic rings. The molecule has 0 bridgehead atoms. The Morgan fingerprint density at radius 1 is 0.594 bits per heavy atom. The molecule has 32 heavy (non-hydrogen) atoms. The highest BCUT2D eigenvalue weighted by atomic mass is 16.5. The summed E-state index contributed by atoms with van der Waals surface area (Å²) in [4.78, 5) is 0. The predicted molar refractivity (Wildman–Crippen MR) is 117 cm³/mol. The van der Waals surface area contributed by atoms with Gasteiger partial charge < -0.3 is 64.7 Å². The molecule has 9 N–H and O–H groups in total. The van der Waals surface area contributed by atoms with Crippen LogP contribution in [-0.2, 0) is 18.9 Å². The monoisotopic (exact) mass is 480 g/mol. The summed E-state index contributed by atoms with van der Waals surface area (Å²) in [5, 5.41) is 72.4. The number of hydrogen-bond acceptors (Lipinski definition) is 13. The first-order valence-corrected chi connectivity index (χ1v) is 10.3. The van der Waals surface area contributed by atoms with E-state index in [1.807, 2.05) is 6.92 Å². The molecule has 0 saturated heterocycles.